The Morgan fingerprint density at radius 3 is 1.56 bits per heavy atom. The molecule has 0 fully saturated rings. The number of imide groups is 2. The fraction of sp³-hybridized carbons (Fsp3) is 0.333. The largest absolute Gasteiger partial charge is 0.411 e. The molecule has 0 N–H and O–H groups in total. The summed E-state index contributed by atoms with van der Waals surface area (Å²) in [6.45, 7) is 1.75. The van der Waals surface area contributed by atoms with E-state index in [9.17, 15) is 45.5 Å². The third-order valence-corrected chi connectivity index (χ3v) is 6.51. The van der Waals surface area contributed by atoms with Crippen LogP contribution in [0.5, 0.6) is 0 Å². The van der Waals surface area contributed by atoms with Crippen LogP contribution in [0.3, 0.4) is 0 Å². The summed E-state index contributed by atoms with van der Waals surface area (Å²) in [5.41, 5.74) is -9.15. The third kappa shape index (κ3) is 3.34. The molecular weight excluding hydrogens is 494 g/mol. The summed E-state index contributed by atoms with van der Waals surface area (Å²) in [6.07, 6.45) is -11.0. The standard InChI is InChI=1S/C24H18F6N2O4/c1-3-4-9-32-20(35)15-8-6-13(11-17(15)21(32)36)22(23(25,26)27,24(28,29)30)12-5-7-14-16(10-12)19(34)31(2)18(14)33/h5-8,10-11H,3-4,9H2,1-2H3. The quantitative estimate of drug-likeness (QED) is 0.429. The molecule has 2 heterocycles. The molecule has 0 radical (unpaired) electrons. The zero-order valence-electron chi connectivity index (χ0n) is 18.9. The minimum atomic E-state index is -5.99. The topological polar surface area (TPSA) is 74.8 Å². The first-order valence-electron chi connectivity index (χ1n) is 10.8. The highest BCUT2D eigenvalue weighted by Gasteiger charge is 2.73. The number of rotatable bonds is 5. The summed E-state index contributed by atoms with van der Waals surface area (Å²) in [6, 6.07) is 3.38. The van der Waals surface area contributed by atoms with E-state index in [-0.39, 0.29) is 17.7 Å². The van der Waals surface area contributed by atoms with Gasteiger partial charge in [0.25, 0.3) is 23.6 Å². The molecule has 6 nitrogen and oxygen atoms in total. The minimum Gasteiger partial charge on any atom is -0.277 e. The molecule has 0 saturated carbocycles. The number of hydrogen-bond acceptors (Lipinski definition) is 4. The molecule has 4 amide bonds. The lowest BCUT2D eigenvalue weighted by molar-refractivity contribution is -0.288. The predicted molar refractivity (Wildman–Crippen MR) is 112 cm³/mol. The first-order valence-corrected chi connectivity index (χ1v) is 10.8. The van der Waals surface area contributed by atoms with Crippen molar-refractivity contribution in [2.45, 2.75) is 37.5 Å². The van der Waals surface area contributed by atoms with Gasteiger partial charge in [0.1, 0.15) is 0 Å². The molecule has 36 heavy (non-hydrogen) atoms. The lowest BCUT2D eigenvalue weighted by atomic mass is 9.71. The maximum Gasteiger partial charge on any atom is 0.411 e. The molecule has 0 atom stereocenters. The van der Waals surface area contributed by atoms with Crippen molar-refractivity contribution in [1.82, 2.24) is 9.80 Å². The molecule has 0 spiro atoms. The Hall–Kier alpha value is -3.70. The van der Waals surface area contributed by atoms with Gasteiger partial charge in [-0.05, 0) is 41.8 Å². The Morgan fingerprint density at radius 1 is 0.667 bits per heavy atom. The van der Waals surface area contributed by atoms with Crippen LogP contribution in [-0.2, 0) is 5.41 Å². The van der Waals surface area contributed by atoms with Crippen molar-refractivity contribution in [3.8, 4) is 0 Å². The van der Waals surface area contributed by atoms with Crippen LogP contribution >= 0.6 is 0 Å². The maximum atomic E-state index is 14.6. The highest BCUT2D eigenvalue weighted by atomic mass is 19.4. The Labute approximate surface area is 200 Å². The van der Waals surface area contributed by atoms with Crippen LogP contribution in [0.2, 0.25) is 0 Å². The highest BCUT2D eigenvalue weighted by Crippen LogP contribution is 2.57. The summed E-state index contributed by atoms with van der Waals surface area (Å²) >= 11 is 0. The molecule has 4 rings (SSSR count). The second-order valence-electron chi connectivity index (χ2n) is 8.55. The molecule has 2 aromatic rings. The van der Waals surface area contributed by atoms with E-state index in [4.69, 9.17) is 0 Å². The number of benzene rings is 2. The van der Waals surface area contributed by atoms with E-state index < -0.39 is 63.7 Å². The van der Waals surface area contributed by atoms with Crippen LogP contribution in [0, 0.1) is 0 Å². The number of hydrogen-bond donors (Lipinski definition) is 0. The molecule has 0 aromatic heterocycles. The van der Waals surface area contributed by atoms with E-state index in [1.807, 2.05) is 0 Å². The van der Waals surface area contributed by atoms with Crippen LogP contribution in [0.25, 0.3) is 0 Å². The van der Waals surface area contributed by atoms with E-state index in [1.165, 1.54) is 0 Å². The molecule has 190 valence electrons. The number of nitrogens with zero attached hydrogens (tertiary/aromatic N) is 2. The Kier molecular flexibility index (Phi) is 5.76. The highest BCUT2D eigenvalue weighted by molar-refractivity contribution is 6.22. The summed E-state index contributed by atoms with van der Waals surface area (Å²) in [4.78, 5) is 51.1. The van der Waals surface area contributed by atoms with Gasteiger partial charge >= 0.3 is 12.4 Å². The number of alkyl halides is 6. The SMILES string of the molecule is CCCCN1C(=O)c2ccc(C(c3ccc4c(c3)C(=O)N(C)C4=O)(C(F)(F)F)C(F)(F)F)cc2C1=O. The maximum absolute atomic E-state index is 14.6. The van der Waals surface area contributed by atoms with Gasteiger partial charge < -0.3 is 0 Å². The second kappa shape index (κ2) is 8.17. The lowest BCUT2D eigenvalue weighted by Gasteiger charge is -2.38. The molecule has 0 unspecified atom stereocenters. The van der Waals surface area contributed by atoms with Crippen molar-refractivity contribution in [1.29, 1.82) is 0 Å². The molecule has 2 aliphatic rings. The first-order chi connectivity index (χ1) is 16.7. The minimum absolute atomic E-state index is 0.0314. The molecule has 0 bridgehead atoms. The van der Waals surface area contributed by atoms with Gasteiger partial charge in [-0.25, -0.2) is 0 Å². The lowest BCUT2D eigenvalue weighted by Crippen LogP contribution is -2.55. The number of amides is 4. The van der Waals surface area contributed by atoms with Gasteiger partial charge in [0, 0.05) is 13.6 Å². The zero-order chi connectivity index (χ0) is 26.8. The van der Waals surface area contributed by atoms with E-state index in [0.717, 1.165) is 24.1 Å². The molecular formula is C24H18F6N2O4. The van der Waals surface area contributed by atoms with E-state index >= 15 is 0 Å². The molecule has 0 aliphatic carbocycles. The second-order valence-corrected chi connectivity index (χ2v) is 8.55. The monoisotopic (exact) mass is 512 g/mol. The Morgan fingerprint density at radius 2 is 1.08 bits per heavy atom. The van der Waals surface area contributed by atoms with Crippen molar-refractivity contribution in [3.63, 3.8) is 0 Å². The number of halogens is 6. The van der Waals surface area contributed by atoms with Crippen molar-refractivity contribution in [2.75, 3.05) is 13.6 Å². The average Bonchev–Trinajstić information content (AvgIpc) is 3.15. The van der Waals surface area contributed by atoms with Crippen molar-refractivity contribution in [3.05, 3.63) is 69.8 Å². The molecule has 2 aliphatic heterocycles. The van der Waals surface area contributed by atoms with Gasteiger partial charge in [0.05, 0.1) is 22.3 Å². The summed E-state index contributed by atoms with van der Waals surface area (Å²) < 4.78 is 87.4. The van der Waals surface area contributed by atoms with Gasteiger partial charge in [-0.3, -0.25) is 29.0 Å². The average molecular weight is 512 g/mol. The zero-order valence-corrected chi connectivity index (χ0v) is 18.9. The molecule has 0 saturated heterocycles. The molecule has 12 heteroatoms. The number of carbonyl (C=O) groups excluding carboxylic acids is 4. The first kappa shape index (κ1) is 25.4. The summed E-state index contributed by atoms with van der Waals surface area (Å²) in [7, 11) is 1.05. The van der Waals surface area contributed by atoms with Crippen molar-refractivity contribution >= 4 is 23.6 Å². The van der Waals surface area contributed by atoms with Crippen LogP contribution in [0.1, 0.15) is 72.3 Å². The molecule has 2 aromatic carbocycles. The van der Waals surface area contributed by atoms with Crippen LogP contribution in [-0.4, -0.2) is 59.4 Å². The normalized spacial score (nSPS) is 16.2. The van der Waals surface area contributed by atoms with E-state index in [1.54, 1.807) is 6.92 Å². The number of unbranched alkanes of at least 4 members (excludes halogenated alkanes) is 1. The predicted octanol–water partition coefficient (Wildman–Crippen LogP) is 4.72. The Bertz CT molecular complexity index is 1300. The number of fused-ring (bicyclic) bond motifs is 2. The third-order valence-electron chi connectivity index (χ3n) is 6.51. The van der Waals surface area contributed by atoms with Crippen LogP contribution < -0.4 is 0 Å². The Balaban J connectivity index is 1.97. The van der Waals surface area contributed by atoms with E-state index in [0.29, 0.717) is 42.0 Å². The van der Waals surface area contributed by atoms with Gasteiger partial charge in [0.15, 0.2) is 0 Å². The van der Waals surface area contributed by atoms with Gasteiger partial charge in [-0.15, -0.1) is 0 Å². The van der Waals surface area contributed by atoms with E-state index in [2.05, 4.69) is 0 Å². The fourth-order valence-corrected chi connectivity index (χ4v) is 4.62. The van der Waals surface area contributed by atoms with Crippen LogP contribution in [0.15, 0.2) is 36.4 Å². The fourth-order valence-electron chi connectivity index (χ4n) is 4.62. The van der Waals surface area contributed by atoms with Crippen molar-refractivity contribution < 1.29 is 45.5 Å². The summed E-state index contributed by atoms with van der Waals surface area (Å²) in [5, 5.41) is 0. The smallest absolute Gasteiger partial charge is 0.277 e. The van der Waals surface area contributed by atoms with Gasteiger partial charge in [-0.2, -0.15) is 26.3 Å². The van der Waals surface area contributed by atoms with Gasteiger partial charge in [-0.1, -0.05) is 25.5 Å². The number of carbonyl (C=O) groups is 4. The van der Waals surface area contributed by atoms with Gasteiger partial charge in [0.2, 0.25) is 5.41 Å². The van der Waals surface area contributed by atoms with Crippen LogP contribution in [0.4, 0.5) is 26.3 Å². The summed E-state index contributed by atoms with van der Waals surface area (Å²) in [5.74, 6) is -3.69. The van der Waals surface area contributed by atoms with Crippen molar-refractivity contribution in [2.24, 2.45) is 0 Å².